The van der Waals surface area contributed by atoms with Crippen molar-refractivity contribution < 1.29 is 25.2 Å². The Bertz CT molecular complexity index is 606. The summed E-state index contributed by atoms with van der Waals surface area (Å²) in [5, 5.41) is 39.3. The van der Waals surface area contributed by atoms with Crippen LogP contribution in [0.25, 0.3) is 0 Å². The Morgan fingerprint density at radius 2 is 1.52 bits per heavy atom. The second kappa shape index (κ2) is 12.3. The molecule has 1 amide bonds. The number of carbonyl (C=O) groups is 1. The predicted octanol–water partition coefficient (Wildman–Crippen LogP) is 2.27. The standard InChI is InChI=1S/C23H37NO5/c1-2-3-4-5-6-7-8-9-10-17-11-13-18(14-12-17)23(29)24-15-20(26)22(28)21(27)19(24)16-25/h11-14,19-22,25-28H,2-10,15-16H2,1H3/t19-,20+,21-,22-/m1/s1. The predicted molar refractivity (Wildman–Crippen MR) is 113 cm³/mol. The van der Waals surface area contributed by atoms with Gasteiger partial charge in [-0.1, -0.05) is 64.0 Å². The first-order chi connectivity index (χ1) is 14.0. The van der Waals surface area contributed by atoms with E-state index >= 15 is 0 Å². The van der Waals surface area contributed by atoms with Gasteiger partial charge >= 0.3 is 0 Å². The highest BCUT2D eigenvalue weighted by molar-refractivity contribution is 5.94. The molecule has 1 heterocycles. The lowest BCUT2D eigenvalue weighted by molar-refractivity contribution is -0.134. The third kappa shape index (κ3) is 6.78. The van der Waals surface area contributed by atoms with Gasteiger partial charge in [0.1, 0.15) is 18.3 Å². The minimum atomic E-state index is -1.38. The van der Waals surface area contributed by atoms with Gasteiger partial charge < -0.3 is 25.3 Å². The van der Waals surface area contributed by atoms with E-state index in [1.807, 2.05) is 12.1 Å². The Morgan fingerprint density at radius 1 is 0.931 bits per heavy atom. The summed E-state index contributed by atoms with van der Waals surface area (Å²) >= 11 is 0. The maximum Gasteiger partial charge on any atom is 0.254 e. The SMILES string of the molecule is CCCCCCCCCCc1ccc(C(=O)N2C[C@H](O)[C@@H](O)[C@H](O)[C@H]2CO)cc1. The molecule has 0 bridgehead atoms. The molecule has 1 aliphatic heterocycles. The van der Waals surface area contributed by atoms with Crippen LogP contribution in [-0.2, 0) is 6.42 Å². The zero-order valence-electron chi connectivity index (χ0n) is 17.5. The lowest BCUT2D eigenvalue weighted by Gasteiger charge is -2.43. The number of unbranched alkanes of at least 4 members (excludes halogenated alkanes) is 7. The average molecular weight is 408 g/mol. The van der Waals surface area contributed by atoms with Gasteiger partial charge in [0.05, 0.1) is 19.2 Å². The molecule has 0 saturated carbocycles. The van der Waals surface area contributed by atoms with Crippen molar-refractivity contribution >= 4 is 5.91 Å². The van der Waals surface area contributed by atoms with E-state index in [1.165, 1.54) is 55.4 Å². The normalized spacial score (nSPS) is 24.7. The number of rotatable bonds is 11. The van der Waals surface area contributed by atoms with Crippen LogP contribution in [0, 0.1) is 0 Å². The highest BCUT2D eigenvalue weighted by Gasteiger charge is 2.43. The Labute approximate surface area is 174 Å². The number of likely N-dealkylation sites (tertiary alicyclic amines) is 1. The molecule has 0 aromatic heterocycles. The number of aryl methyl sites for hydroxylation is 1. The third-order valence-electron chi connectivity index (χ3n) is 5.89. The molecular weight excluding hydrogens is 370 g/mol. The Morgan fingerprint density at radius 3 is 2.10 bits per heavy atom. The molecule has 1 aromatic carbocycles. The van der Waals surface area contributed by atoms with E-state index in [1.54, 1.807) is 12.1 Å². The van der Waals surface area contributed by atoms with E-state index < -0.39 is 31.0 Å². The molecule has 4 atom stereocenters. The number of piperidine rings is 1. The van der Waals surface area contributed by atoms with Crippen LogP contribution in [0.5, 0.6) is 0 Å². The van der Waals surface area contributed by atoms with Crippen molar-refractivity contribution in [1.29, 1.82) is 0 Å². The third-order valence-corrected chi connectivity index (χ3v) is 5.89. The largest absolute Gasteiger partial charge is 0.394 e. The molecule has 29 heavy (non-hydrogen) atoms. The van der Waals surface area contributed by atoms with Crippen LogP contribution in [-0.4, -0.2) is 68.7 Å². The first-order valence-electron chi connectivity index (χ1n) is 11.0. The fourth-order valence-electron chi connectivity index (χ4n) is 3.97. The van der Waals surface area contributed by atoms with Gasteiger partial charge in [-0.3, -0.25) is 4.79 Å². The number of benzene rings is 1. The second-order valence-electron chi connectivity index (χ2n) is 8.18. The summed E-state index contributed by atoms with van der Waals surface area (Å²) in [6.45, 7) is 1.63. The number of amides is 1. The summed E-state index contributed by atoms with van der Waals surface area (Å²) in [4.78, 5) is 14.0. The van der Waals surface area contributed by atoms with Gasteiger partial charge in [0.2, 0.25) is 0 Å². The highest BCUT2D eigenvalue weighted by Crippen LogP contribution is 2.22. The number of aliphatic hydroxyl groups is 4. The minimum Gasteiger partial charge on any atom is -0.394 e. The van der Waals surface area contributed by atoms with Gasteiger partial charge in [-0.15, -0.1) is 0 Å². The molecule has 0 radical (unpaired) electrons. The van der Waals surface area contributed by atoms with Gasteiger partial charge in [0.25, 0.3) is 5.91 Å². The van der Waals surface area contributed by atoms with Crippen LogP contribution >= 0.6 is 0 Å². The Kier molecular flexibility index (Phi) is 10.1. The highest BCUT2D eigenvalue weighted by atomic mass is 16.4. The lowest BCUT2D eigenvalue weighted by atomic mass is 9.93. The average Bonchev–Trinajstić information content (AvgIpc) is 2.73. The van der Waals surface area contributed by atoms with Crippen LogP contribution in [0.4, 0.5) is 0 Å². The van der Waals surface area contributed by atoms with Gasteiger partial charge in [-0.25, -0.2) is 0 Å². The first-order valence-corrected chi connectivity index (χ1v) is 11.0. The van der Waals surface area contributed by atoms with Gasteiger partial charge in [-0.2, -0.15) is 0 Å². The summed E-state index contributed by atoms with van der Waals surface area (Å²) < 4.78 is 0. The Balaban J connectivity index is 1.82. The minimum absolute atomic E-state index is 0.123. The summed E-state index contributed by atoms with van der Waals surface area (Å²) in [6, 6.07) is 6.45. The lowest BCUT2D eigenvalue weighted by Crippen LogP contribution is -2.63. The van der Waals surface area contributed by atoms with E-state index in [2.05, 4.69) is 6.92 Å². The maximum absolute atomic E-state index is 12.8. The summed E-state index contributed by atoms with van der Waals surface area (Å²) in [5.41, 5.74) is 1.62. The summed E-state index contributed by atoms with van der Waals surface area (Å²) in [6.07, 6.45) is 7.21. The molecule has 1 saturated heterocycles. The molecule has 6 heteroatoms. The Hall–Kier alpha value is -1.47. The fourth-order valence-corrected chi connectivity index (χ4v) is 3.97. The van der Waals surface area contributed by atoms with Crippen molar-refractivity contribution in [3.63, 3.8) is 0 Å². The zero-order valence-corrected chi connectivity index (χ0v) is 17.5. The fraction of sp³-hybridized carbons (Fsp3) is 0.696. The first kappa shape index (κ1) is 23.8. The molecule has 0 unspecified atom stereocenters. The molecular formula is C23H37NO5. The van der Waals surface area contributed by atoms with Crippen LogP contribution in [0.1, 0.15) is 74.2 Å². The summed E-state index contributed by atoms with van der Waals surface area (Å²) in [5.74, 6) is -0.368. The molecule has 0 spiro atoms. The van der Waals surface area contributed by atoms with Crippen molar-refractivity contribution in [2.45, 2.75) is 89.1 Å². The number of carbonyl (C=O) groups excluding carboxylic acids is 1. The van der Waals surface area contributed by atoms with Gasteiger partial charge in [0.15, 0.2) is 0 Å². The molecule has 1 aliphatic rings. The molecule has 6 nitrogen and oxygen atoms in total. The van der Waals surface area contributed by atoms with Crippen molar-refractivity contribution in [3.05, 3.63) is 35.4 Å². The molecule has 4 N–H and O–H groups in total. The van der Waals surface area contributed by atoms with E-state index in [0.717, 1.165) is 12.8 Å². The topological polar surface area (TPSA) is 101 Å². The van der Waals surface area contributed by atoms with Crippen LogP contribution in [0.2, 0.25) is 0 Å². The number of aliphatic hydroxyl groups excluding tert-OH is 4. The number of hydrogen-bond acceptors (Lipinski definition) is 5. The second-order valence-corrected chi connectivity index (χ2v) is 8.18. The van der Waals surface area contributed by atoms with Crippen molar-refractivity contribution in [3.8, 4) is 0 Å². The number of β-amino-alcohol motifs (C(OH)–C–C–N with tert-alkyl or cyclic N) is 1. The van der Waals surface area contributed by atoms with Gasteiger partial charge in [-0.05, 0) is 30.5 Å². The molecule has 0 aliphatic carbocycles. The van der Waals surface area contributed by atoms with Crippen LogP contribution in [0.3, 0.4) is 0 Å². The number of nitrogens with zero attached hydrogens (tertiary/aromatic N) is 1. The monoisotopic (exact) mass is 407 g/mol. The van der Waals surface area contributed by atoms with Crippen molar-refractivity contribution in [2.75, 3.05) is 13.2 Å². The van der Waals surface area contributed by atoms with Crippen molar-refractivity contribution in [2.24, 2.45) is 0 Å². The molecule has 1 aromatic rings. The van der Waals surface area contributed by atoms with E-state index in [-0.39, 0.29) is 12.5 Å². The smallest absolute Gasteiger partial charge is 0.254 e. The van der Waals surface area contributed by atoms with E-state index in [9.17, 15) is 25.2 Å². The maximum atomic E-state index is 12.8. The van der Waals surface area contributed by atoms with Gasteiger partial charge in [0, 0.05) is 5.56 Å². The van der Waals surface area contributed by atoms with Crippen molar-refractivity contribution in [1.82, 2.24) is 4.90 Å². The van der Waals surface area contributed by atoms with Crippen LogP contribution < -0.4 is 0 Å². The zero-order chi connectivity index (χ0) is 21.2. The van der Waals surface area contributed by atoms with Crippen LogP contribution in [0.15, 0.2) is 24.3 Å². The quantitative estimate of drug-likeness (QED) is 0.422. The van der Waals surface area contributed by atoms with E-state index in [4.69, 9.17) is 0 Å². The molecule has 2 rings (SSSR count). The number of hydrogen-bond donors (Lipinski definition) is 4. The summed E-state index contributed by atoms with van der Waals surface area (Å²) in [7, 11) is 0. The van der Waals surface area contributed by atoms with E-state index in [0.29, 0.717) is 5.56 Å². The molecule has 164 valence electrons. The molecule has 1 fully saturated rings.